The third-order valence-corrected chi connectivity index (χ3v) is 2.71. The molecule has 0 spiro atoms. The second-order valence-electron chi connectivity index (χ2n) is 4.63. The molecule has 1 nitrogen and oxygen atoms in total. The monoisotopic (exact) mass is 279 g/mol. The number of halogens is 1. The lowest BCUT2D eigenvalue weighted by Gasteiger charge is -2.08. The van der Waals surface area contributed by atoms with Crippen LogP contribution < -0.4 is 0 Å². The third kappa shape index (κ3) is 17.1. The first-order valence-electron chi connectivity index (χ1n) is 6.42. The van der Waals surface area contributed by atoms with E-state index in [1.807, 2.05) is 0 Å². The van der Waals surface area contributed by atoms with Crippen molar-refractivity contribution >= 4 is 17.0 Å². The molecule has 0 atom stereocenters. The van der Waals surface area contributed by atoms with Crippen LogP contribution in [0, 0.1) is 0 Å². The molecule has 0 amide bonds. The van der Waals surface area contributed by atoms with Crippen LogP contribution in [0.15, 0.2) is 0 Å². The van der Waals surface area contributed by atoms with Crippen molar-refractivity contribution in [3.63, 3.8) is 0 Å². The molecule has 0 fully saturated rings. The fourth-order valence-electron chi connectivity index (χ4n) is 1.74. The maximum Gasteiger partial charge on any atom is -0.00248 e. The Balaban J connectivity index is 0. The molecule has 0 radical (unpaired) electrons. The maximum atomic E-state index is 2.28. The zero-order valence-electron chi connectivity index (χ0n) is 10.9. The molecule has 0 bridgehead atoms. The highest BCUT2D eigenvalue weighted by atomic mass is 79.9. The minimum atomic E-state index is 0. The molecule has 2 heteroatoms. The quantitative estimate of drug-likeness (QED) is 0.526. The highest BCUT2D eigenvalue weighted by Crippen LogP contribution is 2.09. The highest BCUT2D eigenvalue weighted by Gasteiger charge is 1.92. The summed E-state index contributed by atoms with van der Waals surface area (Å²) in [5, 5.41) is 0. The predicted octanol–water partition coefficient (Wildman–Crippen LogP) is 4.66. The number of rotatable bonds is 10. The average Bonchev–Trinajstić information content (AvgIpc) is 2.15. The smallest absolute Gasteiger partial charge is 0.00248 e. The van der Waals surface area contributed by atoms with Crippen molar-refractivity contribution in [3.8, 4) is 0 Å². The van der Waals surface area contributed by atoms with Crippen LogP contribution in [0.1, 0.15) is 64.7 Å². The van der Waals surface area contributed by atoms with E-state index in [-0.39, 0.29) is 17.0 Å². The molecule has 15 heavy (non-hydrogen) atoms. The van der Waals surface area contributed by atoms with Crippen LogP contribution in [0.3, 0.4) is 0 Å². The highest BCUT2D eigenvalue weighted by molar-refractivity contribution is 8.93. The van der Waals surface area contributed by atoms with E-state index in [0.29, 0.717) is 0 Å². The fraction of sp³-hybridized carbons (Fsp3) is 1.00. The zero-order valence-corrected chi connectivity index (χ0v) is 12.6. The lowest BCUT2D eigenvalue weighted by molar-refractivity contribution is 0.389. The summed E-state index contributed by atoms with van der Waals surface area (Å²) in [4.78, 5) is 2.28. The van der Waals surface area contributed by atoms with Crippen molar-refractivity contribution in [2.75, 3.05) is 20.6 Å². The molecule has 0 unspecified atom stereocenters. The van der Waals surface area contributed by atoms with Gasteiger partial charge >= 0.3 is 0 Å². The molecule has 0 N–H and O–H groups in total. The molecule has 0 aromatic rings. The van der Waals surface area contributed by atoms with Gasteiger partial charge in [0.25, 0.3) is 0 Å². The molecule has 0 aliphatic carbocycles. The summed E-state index contributed by atoms with van der Waals surface area (Å²) >= 11 is 0. The standard InChI is InChI=1S/C13H29N.BrH/c1-4-5-6-7-8-9-10-11-12-13-14(2)3;/h4-13H2,1-3H3;1H. The van der Waals surface area contributed by atoms with Gasteiger partial charge in [-0.3, -0.25) is 0 Å². The summed E-state index contributed by atoms with van der Waals surface area (Å²) < 4.78 is 0. The molecule has 0 aliphatic heterocycles. The number of hydrogen-bond donors (Lipinski definition) is 0. The fourth-order valence-corrected chi connectivity index (χ4v) is 1.74. The summed E-state index contributed by atoms with van der Waals surface area (Å²) in [5.74, 6) is 0. The topological polar surface area (TPSA) is 3.24 Å². The molecule has 94 valence electrons. The molecule has 0 aromatic carbocycles. The first kappa shape index (κ1) is 17.8. The summed E-state index contributed by atoms with van der Waals surface area (Å²) in [6.45, 7) is 3.54. The van der Waals surface area contributed by atoms with Crippen molar-refractivity contribution in [1.82, 2.24) is 4.90 Å². The van der Waals surface area contributed by atoms with Gasteiger partial charge in [0.05, 0.1) is 0 Å². The van der Waals surface area contributed by atoms with Gasteiger partial charge in [-0.2, -0.15) is 0 Å². The summed E-state index contributed by atoms with van der Waals surface area (Å²) in [5.41, 5.74) is 0. The zero-order chi connectivity index (χ0) is 10.6. The van der Waals surface area contributed by atoms with Gasteiger partial charge in [-0.15, -0.1) is 17.0 Å². The SMILES string of the molecule is Br.CCCCCCCCCCCN(C)C. The van der Waals surface area contributed by atoms with Gasteiger partial charge in [0.1, 0.15) is 0 Å². The molecule has 0 saturated heterocycles. The molecule has 0 heterocycles. The van der Waals surface area contributed by atoms with Crippen molar-refractivity contribution in [3.05, 3.63) is 0 Å². The van der Waals surface area contributed by atoms with Crippen LogP contribution in [0.5, 0.6) is 0 Å². The number of unbranched alkanes of at least 4 members (excludes halogenated alkanes) is 8. The van der Waals surface area contributed by atoms with Gasteiger partial charge in [-0.05, 0) is 27.1 Å². The van der Waals surface area contributed by atoms with Gasteiger partial charge in [0, 0.05) is 0 Å². The largest absolute Gasteiger partial charge is 0.309 e. The lowest BCUT2D eigenvalue weighted by atomic mass is 10.1. The molecular formula is C13H30BrN. The molecule has 0 aromatic heterocycles. The molecular weight excluding hydrogens is 250 g/mol. The Hall–Kier alpha value is 0.440. The van der Waals surface area contributed by atoms with E-state index in [9.17, 15) is 0 Å². The van der Waals surface area contributed by atoms with Crippen molar-refractivity contribution < 1.29 is 0 Å². The Morgan fingerprint density at radius 1 is 0.667 bits per heavy atom. The third-order valence-electron chi connectivity index (χ3n) is 2.71. The van der Waals surface area contributed by atoms with E-state index >= 15 is 0 Å². The second kappa shape index (κ2) is 14.4. The van der Waals surface area contributed by atoms with Gasteiger partial charge in [-0.25, -0.2) is 0 Å². The molecule has 0 rings (SSSR count). The van der Waals surface area contributed by atoms with Crippen molar-refractivity contribution in [1.29, 1.82) is 0 Å². The lowest BCUT2D eigenvalue weighted by Crippen LogP contribution is -2.12. The first-order chi connectivity index (χ1) is 6.77. The van der Waals surface area contributed by atoms with E-state index in [4.69, 9.17) is 0 Å². The van der Waals surface area contributed by atoms with Crippen LogP contribution >= 0.6 is 17.0 Å². The minimum absolute atomic E-state index is 0. The Morgan fingerprint density at radius 2 is 1.07 bits per heavy atom. The Kier molecular flexibility index (Phi) is 17.2. The van der Waals surface area contributed by atoms with E-state index in [1.54, 1.807) is 0 Å². The van der Waals surface area contributed by atoms with Crippen LogP contribution in [0.4, 0.5) is 0 Å². The summed E-state index contributed by atoms with van der Waals surface area (Å²) in [6.07, 6.45) is 12.9. The summed E-state index contributed by atoms with van der Waals surface area (Å²) in [7, 11) is 4.31. The number of hydrogen-bond acceptors (Lipinski definition) is 1. The van der Waals surface area contributed by atoms with E-state index < -0.39 is 0 Å². The minimum Gasteiger partial charge on any atom is -0.309 e. The van der Waals surface area contributed by atoms with Crippen molar-refractivity contribution in [2.24, 2.45) is 0 Å². The Labute approximate surface area is 107 Å². The van der Waals surface area contributed by atoms with Crippen molar-refractivity contribution in [2.45, 2.75) is 64.7 Å². The van der Waals surface area contributed by atoms with Crippen LogP contribution in [-0.2, 0) is 0 Å². The van der Waals surface area contributed by atoms with E-state index in [1.165, 1.54) is 64.3 Å². The van der Waals surface area contributed by atoms with Gasteiger partial charge in [0.2, 0.25) is 0 Å². The van der Waals surface area contributed by atoms with Crippen LogP contribution in [0.25, 0.3) is 0 Å². The Bertz CT molecular complexity index is 105. The normalized spacial score (nSPS) is 10.4. The van der Waals surface area contributed by atoms with Gasteiger partial charge in [0.15, 0.2) is 0 Å². The van der Waals surface area contributed by atoms with Crippen LogP contribution in [0.2, 0.25) is 0 Å². The van der Waals surface area contributed by atoms with Gasteiger partial charge in [-0.1, -0.05) is 58.3 Å². The summed E-state index contributed by atoms with van der Waals surface area (Å²) in [6, 6.07) is 0. The van der Waals surface area contributed by atoms with Crippen LogP contribution in [-0.4, -0.2) is 25.5 Å². The average molecular weight is 280 g/mol. The van der Waals surface area contributed by atoms with E-state index in [0.717, 1.165) is 0 Å². The maximum absolute atomic E-state index is 2.28. The Morgan fingerprint density at radius 3 is 1.47 bits per heavy atom. The predicted molar refractivity (Wildman–Crippen MR) is 76.1 cm³/mol. The number of nitrogens with zero attached hydrogens (tertiary/aromatic N) is 1. The first-order valence-corrected chi connectivity index (χ1v) is 6.42. The second-order valence-corrected chi connectivity index (χ2v) is 4.63. The van der Waals surface area contributed by atoms with E-state index in [2.05, 4.69) is 25.9 Å². The molecule has 0 aliphatic rings. The molecule has 0 saturated carbocycles. The van der Waals surface area contributed by atoms with Gasteiger partial charge < -0.3 is 4.90 Å².